The number of nitrogen functional groups attached to an aromatic ring is 2. The second kappa shape index (κ2) is 5.72. The molecular weight excluding hydrogens is 208 g/mol. The summed E-state index contributed by atoms with van der Waals surface area (Å²) in [6.45, 7) is 2.32. The molecule has 1 aromatic heterocycles. The lowest BCUT2D eigenvalue weighted by Crippen LogP contribution is -2.17. The van der Waals surface area contributed by atoms with Crippen LogP contribution >= 0.6 is 0 Å². The molecule has 1 aromatic rings. The van der Waals surface area contributed by atoms with Gasteiger partial charge in [-0.15, -0.1) is 0 Å². The molecule has 0 saturated heterocycles. The van der Waals surface area contributed by atoms with Crippen LogP contribution in [0.15, 0.2) is 0 Å². The molecule has 0 aliphatic rings. The minimum atomic E-state index is -0.721. The third kappa shape index (κ3) is 2.86. The van der Waals surface area contributed by atoms with Crippen LogP contribution in [0.5, 0.6) is 0 Å². The fraction of sp³-hybridized carbons (Fsp3) is 0.700. The lowest BCUT2D eigenvalue weighted by molar-refractivity contribution is 0.0836. The summed E-state index contributed by atoms with van der Waals surface area (Å²) in [5, 5.41) is 22.1. The molecule has 1 heterocycles. The number of hydrogen-bond donors (Lipinski definition) is 4. The summed E-state index contributed by atoms with van der Waals surface area (Å²) < 4.78 is 1.72. The Morgan fingerprint density at radius 2 is 2.12 bits per heavy atom. The quantitative estimate of drug-likeness (QED) is 0.536. The molecule has 0 saturated carbocycles. The summed E-state index contributed by atoms with van der Waals surface area (Å²) in [6.07, 6.45) is 1.48. The van der Waals surface area contributed by atoms with Crippen LogP contribution in [0, 0.1) is 0 Å². The van der Waals surface area contributed by atoms with Crippen molar-refractivity contribution >= 4 is 11.5 Å². The lowest BCUT2D eigenvalue weighted by Gasteiger charge is -2.09. The standard InChI is InChI=1S/C10H20N4O2/c1-2-3-8-9(11)10(12)13-14(8)5-4-7(16)6-15/h7,15-16H,2-6,11H2,1H3,(H2,12,13). The first-order chi connectivity index (χ1) is 7.60. The van der Waals surface area contributed by atoms with Gasteiger partial charge in [0, 0.05) is 6.54 Å². The smallest absolute Gasteiger partial charge is 0.169 e. The number of aliphatic hydroxyl groups excluding tert-OH is 2. The second-order valence-corrected chi connectivity index (χ2v) is 3.84. The molecule has 16 heavy (non-hydrogen) atoms. The monoisotopic (exact) mass is 228 g/mol. The zero-order valence-electron chi connectivity index (χ0n) is 9.56. The number of anilines is 2. The Balaban J connectivity index is 2.74. The maximum atomic E-state index is 9.26. The maximum absolute atomic E-state index is 9.26. The summed E-state index contributed by atoms with van der Waals surface area (Å²) in [5.74, 6) is 0.335. The molecular formula is C10H20N4O2. The zero-order valence-corrected chi connectivity index (χ0v) is 9.56. The minimum absolute atomic E-state index is 0.241. The van der Waals surface area contributed by atoms with Crippen LogP contribution in [0.2, 0.25) is 0 Å². The Bertz CT molecular complexity index is 338. The normalized spacial score (nSPS) is 12.9. The van der Waals surface area contributed by atoms with Crippen LogP contribution in [0.3, 0.4) is 0 Å². The highest BCUT2D eigenvalue weighted by atomic mass is 16.3. The van der Waals surface area contributed by atoms with Crippen molar-refractivity contribution in [3.8, 4) is 0 Å². The SMILES string of the molecule is CCCc1c(N)c(N)nn1CCC(O)CO. The third-order valence-corrected chi connectivity index (χ3v) is 2.50. The van der Waals surface area contributed by atoms with Gasteiger partial charge in [-0.3, -0.25) is 4.68 Å². The van der Waals surface area contributed by atoms with Gasteiger partial charge < -0.3 is 21.7 Å². The Hall–Kier alpha value is -1.27. The number of nitrogens with two attached hydrogens (primary N) is 2. The Morgan fingerprint density at radius 1 is 1.44 bits per heavy atom. The number of aromatic nitrogens is 2. The van der Waals surface area contributed by atoms with Crippen molar-refractivity contribution in [1.82, 2.24) is 9.78 Å². The van der Waals surface area contributed by atoms with Crippen LogP contribution in [0.1, 0.15) is 25.5 Å². The number of nitrogens with zero attached hydrogens (tertiary/aromatic N) is 2. The predicted molar refractivity (Wildman–Crippen MR) is 62.8 cm³/mol. The summed E-state index contributed by atoms with van der Waals surface area (Å²) in [7, 11) is 0. The minimum Gasteiger partial charge on any atom is -0.394 e. The summed E-state index contributed by atoms with van der Waals surface area (Å²) >= 11 is 0. The van der Waals surface area contributed by atoms with Gasteiger partial charge in [-0.1, -0.05) is 13.3 Å². The van der Waals surface area contributed by atoms with E-state index >= 15 is 0 Å². The molecule has 0 amide bonds. The van der Waals surface area contributed by atoms with Crippen molar-refractivity contribution in [3.05, 3.63) is 5.69 Å². The van der Waals surface area contributed by atoms with Crippen LogP contribution in [0.25, 0.3) is 0 Å². The van der Waals surface area contributed by atoms with Gasteiger partial charge in [0.25, 0.3) is 0 Å². The van der Waals surface area contributed by atoms with Crippen LogP contribution in [-0.2, 0) is 13.0 Å². The van der Waals surface area contributed by atoms with Gasteiger partial charge in [-0.2, -0.15) is 5.10 Å². The van der Waals surface area contributed by atoms with E-state index in [-0.39, 0.29) is 6.61 Å². The van der Waals surface area contributed by atoms with Crippen molar-refractivity contribution in [2.45, 2.75) is 38.8 Å². The van der Waals surface area contributed by atoms with Crippen LogP contribution < -0.4 is 11.5 Å². The highest BCUT2D eigenvalue weighted by Gasteiger charge is 2.13. The summed E-state index contributed by atoms with van der Waals surface area (Å²) in [6, 6.07) is 0. The maximum Gasteiger partial charge on any atom is 0.169 e. The average Bonchev–Trinajstić information content (AvgIpc) is 2.54. The molecule has 0 spiro atoms. The van der Waals surface area contributed by atoms with Crippen molar-refractivity contribution in [2.24, 2.45) is 0 Å². The van der Waals surface area contributed by atoms with E-state index in [1.807, 2.05) is 0 Å². The highest BCUT2D eigenvalue weighted by Crippen LogP contribution is 2.21. The van der Waals surface area contributed by atoms with E-state index in [0.29, 0.717) is 24.5 Å². The molecule has 0 fully saturated rings. The molecule has 6 N–H and O–H groups in total. The second-order valence-electron chi connectivity index (χ2n) is 3.84. The van der Waals surface area contributed by atoms with E-state index in [2.05, 4.69) is 12.0 Å². The highest BCUT2D eigenvalue weighted by molar-refractivity contribution is 5.61. The molecule has 6 nitrogen and oxygen atoms in total. The summed E-state index contributed by atoms with van der Waals surface area (Å²) in [5.41, 5.74) is 12.9. The van der Waals surface area contributed by atoms with E-state index in [9.17, 15) is 5.11 Å². The molecule has 1 unspecified atom stereocenters. The van der Waals surface area contributed by atoms with Crippen molar-refractivity contribution in [3.63, 3.8) is 0 Å². The van der Waals surface area contributed by atoms with Crippen molar-refractivity contribution in [2.75, 3.05) is 18.1 Å². The van der Waals surface area contributed by atoms with E-state index in [4.69, 9.17) is 16.6 Å². The molecule has 0 radical (unpaired) electrons. The Kier molecular flexibility index (Phi) is 4.57. The summed E-state index contributed by atoms with van der Waals surface area (Å²) in [4.78, 5) is 0. The first-order valence-electron chi connectivity index (χ1n) is 5.49. The van der Waals surface area contributed by atoms with Gasteiger partial charge >= 0.3 is 0 Å². The zero-order chi connectivity index (χ0) is 12.1. The lowest BCUT2D eigenvalue weighted by atomic mass is 10.2. The van der Waals surface area contributed by atoms with Crippen LogP contribution in [-0.4, -0.2) is 32.7 Å². The molecule has 1 atom stereocenters. The van der Waals surface area contributed by atoms with E-state index < -0.39 is 6.10 Å². The first-order valence-corrected chi connectivity index (χ1v) is 5.49. The van der Waals surface area contributed by atoms with E-state index in [1.54, 1.807) is 4.68 Å². The fourth-order valence-corrected chi connectivity index (χ4v) is 1.58. The molecule has 0 aromatic carbocycles. The number of aryl methyl sites for hydroxylation is 1. The molecule has 1 rings (SSSR count). The largest absolute Gasteiger partial charge is 0.394 e. The average molecular weight is 228 g/mol. The fourth-order valence-electron chi connectivity index (χ4n) is 1.58. The number of rotatable bonds is 6. The van der Waals surface area contributed by atoms with Gasteiger partial charge in [0.15, 0.2) is 5.82 Å². The van der Waals surface area contributed by atoms with Crippen LogP contribution in [0.4, 0.5) is 11.5 Å². The van der Waals surface area contributed by atoms with E-state index in [0.717, 1.165) is 18.5 Å². The van der Waals surface area contributed by atoms with Gasteiger partial charge in [-0.05, 0) is 12.8 Å². The number of hydrogen-bond acceptors (Lipinski definition) is 5. The molecule has 6 heteroatoms. The van der Waals surface area contributed by atoms with Crippen molar-refractivity contribution < 1.29 is 10.2 Å². The molecule has 92 valence electrons. The van der Waals surface area contributed by atoms with Gasteiger partial charge in [0.2, 0.25) is 0 Å². The number of aliphatic hydroxyl groups is 2. The van der Waals surface area contributed by atoms with Gasteiger partial charge in [0.1, 0.15) is 0 Å². The Morgan fingerprint density at radius 3 is 2.69 bits per heavy atom. The predicted octanol–water partition coefficient (Wildman–Crippen LogP) is -0.257. The van der Waals surface area contributed by atoms with Gasteiger partial charge in [-0.25, -0.2) is 0 Å². The first kappa shape index (κ1) is 12.8. The molecule has 0 aliphatic carbocycles. The van der Waals surface area contributed by atoms with E-state index in [1.165, 1.54) is 0 Å². The van der Waals surface area contributed by atoms with Gasteiger partial charge in [0.05, 0.1) is 24.1 Å². The van der Waals surface area contributed by atoms with Crippen molar-refractivity contribution in [1.29, 1.82) is 0 Å². The molecule has 0 bridgehead atoms. The Labute approximate surface area is 94.9 Å². The molecule has 0 aliphatic heterocycles. The topological polar surface area (TPSA) is 110 Å². The third-order valence-electron chi connectivity index (χ3n) is 2.50.